The molecule has 4 aliphatic heterocycles. The second-order valence-electron chi connectivity index (χ2n) is 14.0. The molecule has 5 heterocycles. The number of rotatable bonds is 9. The standard InChI is InChI=1S/C37H45N9O4/c1-43-18-19-46(37(43)50)29-6-3-15-45(23-29)31-21-39-33(34(38)48)35(41-31)40-28-9-7-25(8-10-28)26-13-16-44(17-14-26)22-24-4-2-5-27(20-24)30-11-12-32(47)42-36(30)49/h2,4-5,7-10,20-21,26,29-30H,3,6,11-19,22-23H2,1H3,(H2,38,48)(H,40,41)(H,42,47,49)/t29-,30?/m1/s1. The third kappa shape index (κ3) is 7.28. The molecule has 4 fully saturated rings. The fraction of sp³-hybridized carbons (Fsp3) is 0.459. The molecule has 13 nitrogen and oxygen atoms in total. The third-order valence-electron chi connectivity index (χ3n) is 10.6. The largest absolute Gasteiger partial charge is 0.364 e. The summed E-state index contributed by atoms with van der Waals surface area (Å²) in [6, 6.07) is 16.7. The van der Waals surface area contributed by atoms with E-state index in [0.29, 0.717) is 36.9 Å². The molecule has 262 valence electrons. The number of nitrogens with one attached hydrogen (secondary N) is 2. The molecule has 0 radical (unpaired) electrons. The summed E-state index contributed by atoms with van der Waals surface area (Å²) >= 11 is 0. The van der Waals surface area contributed by atoms with E-state index in [0.717, 1.165) is 76.2 Å². The summed E-state index contributed by atoms with van der Waals surface area (Å²) in [6.45, 7) is 5.68. The summed E-state index contributed by atoms with van der Waals surface area (Å²) in [7, 11) is 1.83. The lowest BCUT2D eigenvalue weighted by atomic mass is 9.88. The maximum absolute atomic E-state index is 12.6. The third-order valence-corrected chi connectivity index (χ3v) is 10.6. The van der Waals surface area contributed by atoms with Gasteiger partial charge in [0.05, 0.1) is 18.2 Å². The number of anilines is 3. The zero-order valence-electron chi connectivity index (χ0n) is 28.5. The Morgan fingerprint density at radius 2 is 1.76 bits per heavy atom. The lowest BCUT2D eigenvalue weighted by Gasteiger charge is -2.37. The number of benzene rings is 2. The number of nitrogens with zero attached hydrogens (tertiary/aromatic N) is 6. The molecule has 0 saturated carbocycles. The van der Waals surface area contributed by atoms with Crippen LogP contribution < -0.4 is 21.3 Å². The summed E-state index contributed by atoms with van der Waals surface area (Å²) in [5.74, 6) is 0.0824. The number of amides is 5. The molecule has 5 amide bonds. The Kier molecular flexibility index (Phi) is 9.66. The minimum absolute atomic E-state index is 0.0673. The van der Waals surface area contributed by atoms with E-state index in [1.165, 1.54) is 11.1 Å². The minimum atomic E-state index is -0.653. The van der Waals surface area contributed by atoms with Gasteiger partial charge in [0, 0.05) is 51.9 Å². The van der Waals surface area contributed by atoms with Crippen molar-refractivity contribution in [3.63, 3.8) is 0 Å². The van der Waals surface area contributed by atoms with E-state index in [1.54, 1.807) is 11.1 Å². The van der Waals surface area contributed by atoms with Gasteiger partial charge in [-0.05, 0) is 79.9 Å². The molecular weight excluding hydrogens is 634 g/mol. The van der Waals surface area contributed by atoms with E-state index >= 15 is 0 Å². The van der Waals surface area contributed by atoms with Crippen molar-refractivity contribution in [2.75, 3.05) is 56.5 Å². The Morgan fingerprint density at radius 3 is 2.48 bits per heavy atom. The van der Waals surface area contributed by atoms with Gasteiger partial charge in [-0.3, -0.25) is 24.6 Å². The van der Waals surface area contributed by atoms with Gasteiger partial charge in [0.2, 0.25) is 11.8 Å². The Morgan fingerprint density at radius 1 is 0.960 bits per heavy atom. The van der Waals surface area contributed by atoms with Crippen LogP contribution in [-0.4, -0.2) is 101 Å². The molecule has 1 aromatic heterocycles. The van der Waals surface area contributed by atoms with Crippen LogP contribution >= 0.6 is 0 Å². The zero-order valence-corrected chi connectivity index (χ0v) is 28.5. The molecule has 4 N–H and O–H groups in total. The van der Waals surface area contributed by atoms with Crippen molar-refractivity contribution in [1.29, 1.82) is 0 Å². The maximum atomic E-state index is 12.6. The zero-order chi connectivity index (χ0) is 34.8. The van der Waals surface area contributed by atoms with Gasteiger partial charge in [0.1, 0.15) is 5.82 Å². The Bertz CT molecular complexity index is 1760. The lowest BCUT2D eigenvalue weighted by molar-refractivity contribution is -0.134. The summed E-state index contributed by atoms with van der Waals surface area (Å²) in [5, 5.41) is 5.76. The van der Waals surface area contributed by atoms with Crippen molar-refractivity contribution >= 4 is 41.1 Å². The molecule has 0 spiro atoms. The van der Waals surface area contributed by atoms with Crippen LogP contribution in [0.15, 0.2) is 54.7 Å². The van der Waals surface area contributed by atoms with Crippen LogP contribution in [0.1, 0.15) is 77.5 Å². The second-order valence-corrected chi connectivity index (χ2v) is 14.0. The van der Waals surface area contributed by atoms with Crippen LogP contribution in [0.25, 0.3) is 0 Å². The number of urea groups is 1. The van der Waals surface area contributed by atoms with E-state index < -0.39 is 5.91 Å². The summed E-state index contributed by atoms with van der Waals surface area (Å²) in [5.41, 5.74) is 9.98. The highest BCUT2D eigenvalue weighted by atomic mass is 16.2. The van der Waals surface area contributed by atoms with Gasteiger partial charge >= 0.3 is 6.03 Å². The van der Waals surface area contributed by atoms with Crippen molar-refractivity contribution in [1.82, 2.24) is 30.0 Å². The van der Waals surface area contributed by atoms with Gasteiger partial charge in [-0.15, -0.1) is 0 Å². The highest BCUT2D eigenvalue weighted by molar-refractivity contribution is 6.01. The number of hydrogen-bond donors (Lipinski definition) is 3. The first-order valence-electron chi connectivity index (χ1n) is 17.7. The van der Waals surface area contributed by atoms with Gasteiger partial charge in [0.25, 0.3) is 5.91 Å². The number of nitrogens with two attached hydrogens (primary N) is 1. The predicted octanol–water partition coefficient (Wildman–Crippen LogP) is 3.56. The first-order chi connectivity index (χ1) is 24.2. The van der Waals surface area contributed by atoms with Crippen LogP contribution in [0.5, 0.6) is 0 Å². The molecule has 2 aromatic carbocycles. The maximum Gasteiger partial charge on any atom is 0.320 e. The number of primary amides is 1. The molecule has 2 atom stereocenters. The van der Waals surface area contributed by atoms with Crippen molar-refractivity contribution in [2.45, 2.75) is 62.9 Å². The number of carbonyl (C=O) groups is 4. The quantitative estimate of drug-likeness (QED) is 0.288. The van der Waals surface area contributed by atoms with Crippen LogP contribution in [0.3, 0.4) is 0 Å². The monoisotopic (exact) mass is 679 g/mol. The minimum Gasteiger partial charge on any atom is -0.364 e. The van der Waals surface area contributed by atoms with Crippen molar-refractivity contribution in [2.24, 2.45) is 5.73 Å². The highest BCUT2D eigenvalue weighted by Gasteiger charge is 2.35. The van der Waals surface area contributed by atoms with E-state index in [4.69, 9.17) is 10.7 Å². The van der Waals surface area contributed by atoms with Crippen LogP contribution in [-0.2, 0) is 16.1 Å². The summed E-state index contributed by atoms with van der Waals surface area (Å²) in [4.78, 5) is 66.4. The normalized spacial score (nSPS) is 22.2. The number of aromatic nitrogens is 2. The van der Waals surface area contributed by atoms with E-state index in [1.807, 2.05) is 36.2 Å². The fourth-order valence-electron chi connectivity index (χ4n) is 7.80. The number of likely N-dealkylation sites (tertiary alicyclic amines) is 1. The van der Waals surface area contributed by atoms with Gasteiger partial charge in [-0.1, -0.05) is 36.4 Å². The van der Waals surface area contributed by atoms with Crippen LogP contribution in [0.4, 0.5) is 22.1 Å². The fourth-order valence-corrected chi connectivity index (χ4v) is 7.80. The number of likely N-dealkylation sites (N-methyl/N-ethyl adjacent to an activating group) is 1. The van der Waals surface area contributed by atoms with E-state index in [2.05, 4.69) is 49.7 Å². The molecule has 13 heteroatoms. The van der Waals surface area contributed by atoms with Crippen molar-refractivity contribution < 1.29 is 19.2 Å². The Balaban J connectivity index is 0.957. The average Bonchev–Trinajstić information content (AvgIpc) is 3.46. The number of carbonyl (C=O) groups excluding carboxylic acids is 4. The molecule has 1 unspecified atom stereocenters. The van der Waals surface area contributed by atoms with Crippen molar-refractivity contribution in [3.8, 4) is 0 Å². The van der Waals surface area contributed by atoms with Gasteiger partial charge in [-0.2, -0.15) is 0 Å². The summed E-state index contributed by atoms with van der Waals surface area (Å²) in [6.07, 6.45) is 6.47. The Hall–Kier alpha value is -5.04. The van der Waals surface area contributed by atoms with E-state index in [9.17, 15) is 19.2 Å². The molecule has 3 aromatic rings. The molecule has 0 bridgehead atoms. The number of piperidine rings is 3. The molecular formula is C37H45N9O4. The topological polar surface area (TPSA) is 157 Å². The second kappa shape index (κ2) is 14.4. The van der Waals surface area contributed by atoms with Gasteiger partial charge in [0.15, 0.2) is 11.5 Å². The predicted molar refractivity (Wildman–Crippen MR) is 189 cm³/mol. The highest BCUT2D eigenvalue weighted by Crippen LogP contribution is 2.32. The average molecular weight is 680 g/mol. The van der Waals surface area contributed by atoms with Crippen LogP contribution in [0, 0.1) is 0 Å². The smallest absolute Gasteiger partial charge is 0.320 e. The van der Waals surface area contributed by atoms with Crippen LogP contribution in [0.2, 0.25) is 0 Å². The van der Waals surface area contributed by atoms with Gasteiger partial charge < -0.3 is 25.8 Å². The molecule has 0 aliphatic carbocycles. The Labute approximate surface area is 292 Å². The van der Waals surface area contributed by atoms with Crippen molar-refractivity contribution in [3.05, 3.63) is 77.1 Å². The molecule has 4 aliphatic rings. The molecule has 7 rings (SSSR count). The van der Waals surface area contributed by atoms with Gasteiger partial charge in [-0.25, -0.2) is 14.8 Å². The first-order valence-corrected chi connectivity index (χ1v) is 17.7. The SMILES string of the molecule is CN1CCN([C@@H]2CCCN(c3cnc(C(N)=O)c(Nc4ccc(C5CCN(Cc6cccc(C7CCC(=O)NC7=O)c6)CC5)cc4)n3)C2)C1=O. The lowest BCUT2D eigenvalue weighted by Crippen LogP contribution is -2.49. The number of hydrogen-bond acceptors (Lipinski definition) is 9. The molecule has 4 saturated heterocycles. The van der Waals surface area contributed by atoms with E-state index in [-0.39, 0.29) is 35.5 Å². The first kappa shape index (κ1) is 33.5. The summed E-state index contributed by atoms with van der Waals surface area (Å²) < 4.78 is 0. The number of imide groups is 1. The molecule has 50 heavy (non-hydrogen) atoms.